The van der Waals surface area contributed by atoms with Crippen LogP contribution in [0.1, 0.15) is 24.0 Å². The standard InChI is InChI=1S/C23H26N4/c1-3-7-19(8-4-1)15-20-11-13-27(14-12-20)23-16-22(25-18-26-23)24-17-21-9-5-2-6-10-21/h1-10,16,18,20H,11-15,17H2,(H,24,25,26). The number of anilines is 2. The third kappa shape index (κ3) is 4.85. The quantitative estimate of drug-likeness (QED) is 0.702. The van der Waals surface area contributed by atoms with Gasteiger partial charge in [-0.2, -0.15) is 0 Å². The van der Waals surface area contributed by atoms with E-state index >= 15 is 0 Å². The van der Waals surface area contributed by atoms with Gasteiger partial charge in [0.05, 0.1) is 0 Å². The maximum Gasteiger partial charge on any atom is 0.134 e. The van der Waals surface area contributed by atoms with Crippen molar-refractivity contribution in [2.45, 2.75) is 25.8 Å². The molecule has 0 radical (unpaired) electrons. The first-order valence-electron chi connectivity index (χ1n) is 9.75. The van der Waals surface area contributed by atoms with Gasteiger partial charge in [-0.3, -0.25) is 0 Å². The Balaban J connectivity index is 1.32. The summed E-state index contributed by atoms with van der Waals surface area (Å²) in [4.78, 5) is 11.3. The molecule has 4 rings (SSSR count). The van der Waals surface area contributed by atoms with E-state index in [4.69, 9.17) is 0 Å². The minimum absolute atomic E-state index is 0.765. The molecule has 2 heterocycles. The molecule has 3 aromatic rings. The highest BCUT2D eigenvalue weighted by atomic mass is 15.2. The fourth-order valence-electron chi connectivity index (χ4n) is 3.72. The molecule has 1 aliphatic heterocycles. The number of aromatic nitrogens is 2. The van der Waals surface area contributed by atoms with E-state index in [9.17, 15) is 0 Å². The van der Waals surface area contributed by atoms with E-state index in [0.29, 0.717) is 0 Å². The highest BCUT2D eigenvalue weighted by Gasteiger charge is 2.20. The molecule has 1 aromatic heterocycles. The lowest BCUT2D eigenvalue weighted by Crippen LogP contribution is -2.34. The number of hydrogen-bond donors (Lipinski definition) is 1. The molecule has 1 fully saturated rings. The van der Waals surface area contributed by atoms with Gasteiger partial charge in [0.25, 0.3) is 0 Å². The second kappa shape index (κ2) is 8.67. The van der Waals surface area contributed by atoms with Crippen LogP contribution in [-0.2, 0) is 13.0 Å². The molecule has 0 aliphatic carbocycles. The Morgan fingerprint density at radius 3 is 2.22 bits per heavy atom. The lowest BCUT2D eigenvalue weighted by atomic mass is 9.90. The second-order valence-corrected chi connectivity index (χ2v) is 7.22. The molecule has 0 unspecified atom stereocenters. The second-order valence-electron chi connectivity index (χ2n) is 7.22. The summed E-state index contributed by atoms with van der Waals surface area (Å²) in [6, 6.07) is 23.3. The van der Waals surface area contributed by atoms with E-state index in [-0.39, 0.29) is 0 Å². The molecule has 4 heteroatoms. The van der Waals surface area contributed by atoms with E-state index < -0.39 is 0 Å². The number of benzene rings is 2. The van der Waals surface area contributed by atoms with E-state index in [1.165, 1.54) is 30.4 Å². The van der Waals surface area contributed by atoms with Gasteiger partial charge in [-0.1, -0.05) is 60.7 Å². The predicted octanol–water partition coefficient (Wildman–Crippen LogP) is 4.55. The molecular weight excluding hydrogens is 332 g/mol. The third-order valence-corrected chi connectivity index (χ3v) is 5.27. The zero-order chi connectivity index (χ0) is 18.3. The summed E-state index contributed by atoms with van der Waals surface area (Å²) in [7, 11) is 0. The topological polar surface area (TPSA) is 41.0 Å². The number of piperidine rings is 1. The fraction of sp³-hybridized carbons (Fsp3) is 0.304. The molecule has 0 saturated carbocycles. The normalized spacial score (nSPS) is 14.9. The Kier molecular flexibility index (Phi) is 5.63. The smallest absolute Gasteiger partial charge is 0.134 e. The molecule has 1 aliphatic rings. The maximum absolute atomic E-state index is 4.50. The van der Waals surface area contributed by atoms with Crippen LogP contribution in [-0.4, -0.2) is 23.1 Å². The maximum atomic E-state index is 4.50. The Labute approximate surface area is 161 Å². The van der Waals surface area contributed by atoms with Gasteiger partial charge in [-0.15, -0.1) is 0 Å². The van der Waals surface area contributed by atoms with Crippen LogP contribution in [0.2, 0.25) is 0 Å². The van der Waals surface area contributed by atoms with Crippen LogP contribution in [0.4, 0.5) is 11.6 Å². The van der Waals surface area contributed by atoms with Crippen molar-refractivity contribution in [2.24, 2.45) is 5.92 Å². The van der Waals surface area contributed by atoms with Crippen LogP contribution in [0.15, 0.2) is 73.1 Å². The first-order chi connectivity index (χ1) is 13.4. The summed E-state index contributed by atoms with van der Waals surface area (Å²) in [5.74, 6) is 2.68. The Morgan fingerprint density at radius 1 is 0.852 bits per heavy atom. The summed E-state index contributed by atoms with van der Waals surface area (Å²) in [6.45, 7) is 2.90. The summed E-state index contributed by atoms with van der Waals surface area (Å²) < 4.78 is 0. The molecular formula is C23H26N4. The highest BCUT2D eigenvalue weighted by molar-refractivity contribution is 5.49. The molecule has 1 saturated heterocycles. The molecule has 1 N–H and O–H groups in total. The van der Waals surface area contributed by atoms with Crippen LogP contribution in [0.5, 0.6) is 0 Å². The average Bonchev–Trinajstić information content (AvgIpc) is 2.75. The van der Waals surface area contributed by atoms with Crippen molar-refractivity contribution in [1.82, 2.24) is 9.97 Å². The molecule has 0 bridgehead atoms. The molecule has 138 valence electrons. The van der Waals surface area contributed by atoms with Crippen LogP contribution in [0.25, 0.3) is 0 Å². The molecule has 0 atom stereocenters. The number of hydrogen-bond acceptors (Lipinski definition) is 4. The van der Waals surface area contributed by atoms with Crippen molar-refractivity contribution < 1.29 is 0 Å². The molecule has 0 spiro atoms. The van der Waals surface area contributed by atoms with Gasteiger partial charge in [0.1, 0.15) is 18.0 Å². The largest absolute Gasteiger partial charge is 0.366 e. The lowest BCUT2D eigenvalue weighted by Gasteiger charge is -2.33. The SMILES string of the molecule is c1ccc(CNc2cc(N3CCC(Cc4ccccc4)CC3)ncn2)cc1. The number of rotatable bonds is 6. The molecule has 2 aromatic carbocycles. The van der Waals surface area contributed by atoms with Gasteiger partial charge in [0.15, 0.2) is 0 Å². The van der Waals surface area contributed by atoms with Crippen molar-refractivity contribution in [3.63, 3.8) is 0 Å². The van der Waals surface area contributed by atoms with Crippen molar-refractivity contribution in [3.8, 4) is 0 Å². The van der Waals surface area contributed by atoms with Gasteiger partial charge in [0, 0.05) is 25.7 Å². The molecule has 0 amide bonds. The van der Waals surface area contributed by atoms with Gasteiger partial charge >= 0.3 is 0 Å². The number of nitrogens with one attached hydrogen (secondary N) is 1. The van der Waals surface area contributed by atoms with Gasteiger partial charge in [-0.05, 0) is 36.3 Å². The molecule has 27 heavy (non-hydrogen) atoms. The molecule has 4 nitrogen and oxygen atoms in total. The highest BCUT2D eigenvalue weighted by Crippen LogP contribution is 2.25. The summed E-state index contributed by atoms with van der Waals surface area (Å²) >= 11 is 0. The monoisotopic (exact) mass is 358 g/mol. The van der Waals surface area contributed by atoms with Gasteiger partial charge in [-0.25, -0.2) is 9.97 Å². The van der Waals surface area contributed by atoms with Gasteiger partial charge in [0.2, 0.25) is 0 Å². The van der Waals surface area contributed by atoms with E-state index in [1.54, 1.807) is 6.33 Å². The first-order valence-corrected chi connectivity index (χ1v) is 9.75. The minimum atomic E-state index is 0.765. The van der Waals surface area contributed by atoms with Crippen LogP contribution < -0.4 is 10.2 Å². The third-order valence-electron chi connectivity index (χ3n) is 5.27. The Hall–Kier alpha value is -2.88. The van der Waals surface area contributed by atoms with Crippen molar-refractivity contribution in [3.05, 3.63) is 84.2 Å². The van der Waals surface area contributed by atoms with Crippen molar-refractivity contribution in [1.29, 1.82) is 0 Å². The zero-order valence-corrected chi connectivity index (χ0v) is 15.6. The minimum Gasteiger partial charge on any atom is -0.366 e. The van der Waals surface area contributed by atoms with Crippen molar-refractivity contribution in [2.75, 3.05) is 23.3 Å². The predicted molar refractivity (Wildman–Crippen MR) is 111 cm³/mol. The summed E-state index contributed by atoms with van der Waals surface area (Å²) in [5.41, 5.74) is 2.70. The van der Waals surface area contributed by atoms with Crippen LogP contribution in [0, 0.1) is 5.92 Å². The first kappa shape index (κ1) is 17.5. The number of nitrogens with zero attached hydrogens (tertiary/aromatic N) is 3. The van der Waals surface area contributed by atoms with E-state index in [2.05, 4.69) is 80.8 Å². The lowest BCUT2D eigenvalue weighted by molar-refractivity contribution is 0.402. The van der Waals surface area contributed by atoms with Crippen LogP contribution >= 0.6 is 0 Å². The Morgan fingerprint density at radius 2 is 1.52 bits per heavy atom. The summed E-state index contributed by atoms with van der Waals surface area (Å²) in [6.07, 6.45) is 5.28. The van der Waals surface area contributed by atoms with Gasteiger partial charge < -0.3 is 10.2 Å². The Bertz CT molecular complexity index is 827. The van der Waals surface area contributed by atoms with Crippen molar-refractivity contribution >= 4 is 11.6 Å². The van der Waals surface area contributed by atoms with E-state index in [1.807, 2.05) is 6.07 Å². The summed E-state index contributed by atoms with van der Waals surface area (Å²) in [5, 5.41) is 3.40. The van der Waals surface area contributed by atoms with Crippen LogP contribution in [0.3, 0.4) is 0 Å². The average molecular weight is 358 g/mol. The zero-order valence-electron chi connectivity index (χ0n) is 15.6. The van der Waals surface area contributed by atoms with E-state index in [0.717, 1.165) is 37.2 Å². The fourth-order valence-corrected chi connectivity index (χ4v) is 3.72.